The molecule has 1 N–H and O–H groups in total. The fraction of sp³-hybridized carbons (Fsp3) is 0.600. The summed E-state index contributed by atoms with van der Waals surface area (Å²) >= 11 is 0. The maximum Gasteiger partial charge on any atom is 0.114 e. The van der Waals surface area contributed by atoms with Gasteiger partial charge in [0.1, 0.15) is 5.60 Å². The largest absolute Gasteiger partial charge is 0.383 e. The van der Waals surface area contributed by atoms with E-state index in [1.54, 1.807) is 12.4 Å². The zero-order chi connectivity index (χ0) is 9.69. The molecule has 3 nitrogen and oxygen atoms in total. The maximum absolute atomic E-state index is 10.2. The van der Waals surface area contributed by atoms with E-state index in [1.807, 2.05) is 20.8 Å². The van der Waals surface area contributed by atoms with Gasteiger partial charge >= 0.3 is 0 Å². The van der Waals surface area contributed by atoms with E-state index in [-0.39, 0.29) is 5.41 Å². The van der Waals surface area contributed by atoms with Gasteiger partial charge in [-0.15, -0.1) is 0 Å². The number of hydrogen-bond donors (Lipinski definition) is 1. The van der Waals surface area contributed by atoms with Crippen LogP contribution < -0.4 is 0 Å². The summed E-state index contributed by atoms with van der Waals surface area (Å²) in [6.07, 6.45) is 4.06. The Hall–Kier alpha value is -0.960. The third kappa shape index (κ3) is 1.07. The molecule has 0 aromatic carbocycles. The number of aryl methyl sites for hydroxylation is 1. The molecule has 2 rings (SSSR count). The highest BCUT2D eigenvalue weighted by atomic mass is 16.3. The summed E-state index contributed by atoms with van der Waals surface area (Å²) in [5.74, 6) is 0. The smallest absolute Gasteiger partial charge is 0.114 e. The number of nitrogens with zero attached hydrogens (tertiary/aromatic N) is 2. The van der Waals surface area contributed by atoms with Crippen LogP contribution in [0.25, 0.3) is 0 Å². The Kier molecular flexibility index (Phi) is 1.52. The van der Waals surface area contributed by atoms with Crippen molar-refractivity contribution in [3.8, 4) is 0 Å². The standard InChI is InChI=1S/C10H14N2O/c1-7-8(12-5-4-11-7)10(13)6-9(10,2)3/h4-5,13H,6H2,1-3H3. The predicted molar refractivity (Wildman–Crippen MR) is 49.1 cm³/mol. The van der Waals surface area contributed by atoms with E-state index in [0.717, 1.165) is 17.8 Å². The molecule has 0 radical (unpaired) electrons. The molecule has 1 saturated carbocycles. The Morgan fingerprint density at radius 3 is 2.31 bits per heavy atom. The van der Waals surface area contributed by atoms with Gasteiger partial charge in [0.2, 0.25) is 0 Å². The topological polar surface area (TPSA) is 46.0 Å². The monoisotopic (exact) mass is 178 g/mol. The third-order valence-electron chi connectivity index (χ3n) is 2.97. The first kappa shape index (κ1) is 8.63. The predicted octanol–water partition coefficient (Wildman–Crippen LogP) is 1.40. The van der Waals surface area contributed by atoms with Gasteiger partial charge in [-0.2, -0.15) is 0 Å². The summed E-state index contributed by atoms with van der Waals surface area (Å²) in [6.45, 7) is 5.97. The minimum atomic E-state index is -0.745. The first-order valence-electron chi connectivity index (χ1n) is 4.48. The van der Waals surface area contributed by atoms with E-state index in [0.29, 0.717) is 0 Å². The summed E-state index contributed by atoms with van der Waals surface area (Å²) in [7, 11) is 0. The number of aromatic nitrogens is 2. The minimum absolute atomic E-state index is 0.0478. The van der Waals surface area contributed by atoms with Crippen LogP contribution in [0.3, 0.4) is 0 Å². The van der Waals surface area contributed by atoms with Gasteiger partial charge in [-0.05, 0) is 13.3 Å². The van der Waals surface area contributed by atoms with Crippen LogP contribution in [-0.4, -0.2) is 15.1 Å². The zero-order valence-electron chi connectivity index (χ0n) is 8.20. The average molecular weight is 178 g/mol. The van der Waals surface area contributed by atoms with Crippen LogP contribution in [0.2, 0.25) is 0 Å². The van der Waals surface area contributed by atoms with Gasteiger partial charge in [-0.1, -0.05) is 13.8 Å². The maximum atomic E-state index is 10.2. The van der Waals surface area contributed by atoms with E-state index >= 15 is 0 Å². The lowest BCUT2D eigenvalue weighted by Gasteiger charge is -2.14. The summed E-state index contributed by atoms with van der Waals surface area (Å²) in [6, 6.07) is 0. The Morgan fingerprint density at radius 1 is 1.31 bits per heavy atom. The van der Waals surface area contributed by atoms with Gasteiger partial charge in [0.05, 0.1) is 11.4 Å². The molecule has 1 fully saturated rings. The molecule has 0 aliphatic heterocycles. The van der Waals surface area contributed by atoms with Crippen LogP contribution in [0, 0.1) is 12.3 Å². The Labute approximate surface area is 77.8 Å². The van der Waals surface area contributed by atoms with E-state index in [1.165, 1.54) is 0 Å². The quantitative estimate of drug-likeness (QED) is 0.707. The van der Waals surface area contributed by atoms with E-state index in [2.05, 4.69) is 9.97 Å². The summed E-state index contributed by atoms with van der Waals surface area (Å²) in [5.41, 5.74) is 0.773. The highest BCUT2D eigenvalue weighted by Gasteiger charge is 2.63. The van der Waals surface area contributed by atoms with Crippen molar-refractivity contribution in [1.82, 2.24) is 9.97 Å². The summed E-state index contributed by atoms with van der Waals surface area (Å²) < 4.78 is 0. The van der Waals surface area contributed by atoms with E-state index in [4.69, 9.17) is 0 Å². The van der Waals surface area contributed by atoms with Crippen molar-refractivity contribution in [2.24, 2.45) is 5.41 Å². The molecule has 3 heteroatoms. The van der Waals surface area contributed by atoms with Crippen LogP contribution >= 0.6 is 0 Å². The second-order valence-electron chi connectivity index (χ2n) is 4.41. The van der Waals surface area contributed by atoms with Crippen LogP contribution in [-0.2, 0) is 5.60 Å². The summed E-state index contributed by atoms with van der Waals surface area (Å²) in [4.78, 5) is 8.32. The van der Waals surface area contributed by atoms with Crippen molar-refractivity contribution in [3.05, 3.63) is 23.8 Å². The molecule has 13 heavy (non-hydrogen) atoms. The van der Waals surface area contributed by atoms with E-state index in [9.17, 15) is 5.11 Å². The van der Waals surface area contributed by atoms with Crippen LogP contribution in [0.1, 0.15) is 31.7 Å². The van der Waals surface area contributed by atoms with Gasteiger partial charge in [0, 0.05) is 17.8 Å². The molecular formula is C10H14N2O. The van der Waals surface area contributed by atoms with E-state index < -0.39 is 5.60 Å². The second kappa shape index (κ2) is 2.29. The van der Waals surface area contributed by atoms with Crippen LogP contribution in [0.15, 0.2) is 12.4 Å². The molecule has 1 heterocycles. The van der Waals surface area contributed by atoms with Gasteiger partial charge in [0.15, 0.2) is 0 Å². The van der Waals surface area contributed by atoms with Crippen molar-refractivity contribution in [2.75, 3.05) is 0 Å². The van der Waals surface area contributed by atoms with Crippen LogP contribution in [0.5, 0.6) is 0 Å². The van der Waals surface area contributed by atoms with Gasteiger partial charge < -0.3 is 5.11 Å². The molecule has 1 aliphatic carbocycles. The average Bonchev–Trinajstić information content (AvgIpc) is 2.53. The third-order valence-corrected chi connectivity index (χ3v) is 2.97. The lowest BCUT2D eigenvalue weighted by atomic mass is 10.0. The molecular weight excluding hydrogens is 164 g/mol. The first-order chi connectivity index (χ1) is 5.97. The molecule has 1 unspecified atom stereocenters. The van der Waals surface area contributed by atoms with Crippen LogP contribution in [0.4, 0.5) is 0 Å². The summed E-state index contributed by atoms with van der Waals surface area (Å²) in [5, 5.41) is 10.2. The molecule has 0 spiro atoms. The SMILES string of the molecule is Cc1nccnc1C1(O)CC1(C)C. The Balaban J connectivity index is 2.44. The fourth-order valence-electron chi connectivity index (χ4n) is 1.81. The van der Waals surface area contributed by atoms with Gasteiger partial charge in [-0.3, -0.25) is 9.97 Å². The molecule has 0 bridgehead atoms. The molecule has 70 valence electrons. The molecule has 0 amide bonds. The molecule has 1 aromatic rings. The minimum Gasteiger partial charge on any atom is -0.383 e. The van der Waals surface area contributed by atoms with Crippen molar-refractivity contribution in [1.29, 1.82) is 0 Å². The van der Waals surface area contributed by atoms with Gasteiger partial charge in [-0.25, -0.2) is 0 Å². The molecule has 0 saturated heterocycles. The number of aliphatic hydroxyl groups is 1. The zero-order valence-corrected chi connectivity index (χ0v) is 8.20. The first-order valence-corrected chi connectivity index (χ1v) is 4.48. The molecule has 1 aliphatic rings. The Morgan fingerprint density at radius 2 is 1.85 bits per heavy atom. The highest BCUT2D eigenvalue weighted by Crippen LogP contribution is 2.62. The van der Waals surface area contributed by atoms with Crippen molar-refractivity contribution in [3.63, 3.8) is 0 Å². The Bertz CT molecular complexity index is 349. The van der Waals surface area contributed by atoms with Gasteiger partial charge in [0.25, 0.3) is 0 Å². The van der Waals surface area contributed by atoms with Crippen molar-refractivity contribution in [2.45, 2.75) is 32.8 Å². The lowest BCUT2D eigenvalue weighted by Crippen LogP contribution is -2.17. The molecule has 1 atom stereocenters. The lowest BCUT2D eigenvalue weighted by molar-refractivity contribution is 0.103. The molecule has 1 aromatic heterocycles. The van der Waals surface area contributed by atoms with Crippen molar-refractivity contribution < 1.29 is 5.11 Å². The second-order valence-corrected chi connectivity index (χ2v) is 4.41. The fourth-order valence-corrected chi connectivity index (χ4v) is 1.81. The highest BCUT2D eigenvalue weighted by molar-refractivity contribution is 5.29. The van der Waals surface area contributed by atoms with Crippen molar-refractivity contribution >= 4 is 0 Å². The number of rotatable bonds is 1. The number of hydrogen-bond acceptors (Lipinski definition) is 3. The normalized spacial score (nSPS) is 30.2.